The number of halogens is 3. The molecule has 1 aromatic heterocycles. The quantitative estimate of drug-likeness (QED) is 0.377. The molecule has 11 heteroatoms. The van der Waals surface area contributed by atoms with Crippen LogP contribution < -0.4 is 10.6 Å². The number of nitrogens with zero attached hydrogens (tertiary/aromatic N) is 2. The monoisotopic (exact) mass is 533 g/mol. The first kappa shape index (κ1) is 25.1. The van der Waals surface area contributed by atoms with Gasteiger partial charge in [0.2, 0.25) is 5.91 Å². The fraction of sp³-hybridized carbons (Fsp3) is 0.125. The van der Waals surface area contributed by atoms with Gasteiger partial charge in [0.15, 0.2) is 5.48 Å². The second-order valence-corrected chi connectivity index (χ2v) is 10.0. The Hall–Kier alpha value is -2.97. The van der Waals surface area contributed by atoms with Crippen LogP contribution in [0.1, 0.15) is 16.8 Å². The van der Waals surface area contributed by atoms with Crippen LogP contribution in [0.5, 0.6) is 0 Å². The zero-order valence-electron chi connectivity index (χ0n) is 18.1. The highest BCUT2D eigenvalue weighted by Gasteiger charge is 2.33. The number of hydrogen-bond acceptors (Lipinski definition) is 5. The van der Waals surface area contributed by atoms with Gasteiger partial charge in [-0.3, -0.25) is 9.00 Å². The van der Waals surface area contributed by atoms with Gasteiger partial charge in [-0.05, 0) is 42.0 Å². The molecule has 0 saturated heterocycles. The third-order valence-electron chi connectivity index (χ3n) is 5.24. The summed E-state index contributed by atoms with van der Waals surface area (Å²) >= 11 is 5.96. The number of hydrogen-bond donors (Lipinski definition) is 1. The smallest absolute Gasteiger partial charge is 0.245 e. The van der Waals surface area contributed by atoms with E-state index in [0.717, 1.165) is 17.8 Å². The van der Waals surface area contributed by atoms with E-state index in [2.05, 4.69) is 20.4 Å². The lowest BCUT2D eigenvalue weighted by atomic mass is 10.1. The summed E-state index contributed by atoms with van der Waals surface area (Å²) in [7, 11) is 1.55. The molecule has 2 heterocycles. The molecule has 1 aliphatic rings. The number of carbonyl (C=O) groups excluding carboxylic acids is 1. The standard InChI is InChI=1S/C24H19ClF2N3O3PS/c1-13(20-7-6-16(26)10-29-20)33-24(34)17-8-21-22(9-18(17)27)35(32)12-19(28)23(31)30(21)11-14-2-4-15(25)5-3-14/h2-10,19,34H,1,11-12,28H2/t19-,35?/m0/s1. The Bertz CT molecular complexity index is 1350. The van der Waals surface area contributed by atoms with E-state index in [4.69, 9.17) is 22.1 Å². The summed E-state index contributed by atoms with van der Waals surface area (Å²) in [4.78, 5) is 18.5. The second-order valence-electron chi connectivity index (χ2n) is 7.69. The summed E-state index contributed by atoms with van der Waals surface area (Å²) in [5.41, 5.74) is 7.11. The number of ether oxygens (including phenoxy) is 1. The molecule has 0 spiro atoms. The van der Waals surface area contributed by atoms with Crippen LogP contribution in [0.3, 0.4) is 0 Å². The second kappa shape index (κ2) is 10.3. The predicted molar refractivity (Wildman–Crippen MR) is 135 cm³/mol. The zero-order valence-corrected chi connectivity index (χ0v) is 20.7. The van der Waals surface area contributed by atoms with Crippen LogP contribution in [0.15, 0.2) is 66.2 Å². The molecular weight excluding hydrogens is 515 g/mol. The fourth-order valence-corrected chi connectivity index (χ4v) is 5.19. The summed E-state index contributed by atoms with van der Waals surface area (Å²) in [6, 6.07) is 10.8. The molecule has 0 radical (unpaired) electrons. The largest absolute Gasteiger partial charge is 0.451 e. The molecule has 2 atom stereocenters. The van der Waals surface area contributed by atoms with E-state index in [0.29, 0.717) is 5.02 Å². The number of benzene rings is 2. The topological polar surface area (TPSA) is 85.5 Å². The molecule has 6 nitrogen and oxygen atoms in total. The average molecular weight is 534 g/mol. The minimum Gasteiger partial charge on any atom is -0.451 e. The number of fused-ring (bicyclic) bond motifs is 1. The lowest BCUT2D eigenvalue weighted by Gasteiger charge is -2.25. The fourth-order valence-electron chi connectivity index (χ4n) is 3.46. The van der Waals surface area contributed by atoms with Gasteiger partial charge in [0.1, 0.15) is 23.1 Å². The maximum atomic E-state index is 15.1. The summed E-state index contributed by atoms with van der Waals surface area (Å²) < 4.78 is 46.8. The number of nitrogens with two attached hydrogens (primary N) is 1. The van der Waals surface area contributed by atoms with Crippen molar-refractivity contribution in [2.45, 2.75) is 17.5 Å². The number of pyridine rings is 1. The lowest BCUT2D eigenvalue weighted by molar-refractivity contribution is -0.119. The Labute approximate surface area is 210 Å². The molecule has 180 valence electrons. The Kier molecular flexibility index (Phi) is 7.42. The maximum Gasteiger partial charge on any atom is 0.245 e. The van der Waals surface area contributed by atoms with Gasteiger partial charge in [-0.2, -0.15) is 0 Å². The van der Waals surface area contributed by atoms with E-state index < -0.39 is 34.4 Å². The van der Waals surface area contributed by atoms with Gasteiger partial charge in [0, 0.05) is 5.02 Å². The molecular formula is C24H19ClF2N3O3PS. The highest BCUT2D eigenvalue weighted by atomic mass is 35.5. The van der Waals surface area contributed by atoms with E-state index in [1.165, 1.54) is 23.1 Å². The molecule has 2 N–H and O–H groups in total. The third-order valence-corrected chi connectivity index (χ3v) is 7.34. The minimum absolute atomic E-state index is 0.0315. The molecule has 3 aromatic rings. The maximum absolute atomic E-state index is 15.1. The number of rotatable bonds is 6. The molecule has 35 heavy (non-hydrogen) atoms. The van der Waals surface area contributed by atoms with Crippen LogP contribution in [0.4, 0.5) is 14.5 Å². The first-order chi connectivity index (χ1) is 16.6. The Morgan fingerprint density at radius 3 is 2.63 bits per heavy atom. The third kappa shape index (κ3) is 5.49. The van der Waals surface area contributed by atoms with Crippen LogP contribution in [-0.2, 0) is 26.9 Å². The van der Waals surface area contributed by atoms with Crippen molar-refractivity contribution >= 4 is 54.1 Å². The Balaban J connectivity index is 1.71. The molecule has 0 fully saturated rings. The molecule has 4 rings (SSSR count). The molecule has 1 unspecified atom stereocenters. The van der Waals surface area contributed by atoms with Crippen LogP contribution >= 0.6 is 20.5 Å². The number of amides is 1. The van der Waals surface area contributed by atoms with Crippen molar-refractivity contribution in [2.24, 2.45) is 5.73 Å². The van der Waals surface area contributed by atoms with E-state index in [1.807, 2.05) is 0 Å². The van der Waals surface area contributed by atoms with Crippen molar-refractivity contribution in [3.63, 3.8) is 0 Å². The van der Waals surface area contributed by atoms with Crippen LogP contribution in [0.2, 0.25) is 5.02 Å². The van der Waals surface area contributed by atoms with Crippen LogP contribution in [0, 0.1) is 11.6 Å². The summed E-state index contributed by atoms with van der Waals surface area (Å²) in [6.07, 6.45) is 0.999. The first-order valence-corrected chi connectivity index (χ1v) is 12.4. The Morgan fingerprint density at radius 2 is 1.97 bits per heavy atom. The normalized spacial score (nSPS) is 17.5. The molecule has 1 aliphatic heterocycles. The number of anilines is 1. The van der Waals surface area contributed by atoms with E-state index >= 15 is 4.39 Å². The minimum atomic E-state index is -1.72. The van der Waals surface area contributed by atoms with Crippen molar-refractivity contribution in [1.29, 1.82) is 0 Å². The lowest BCUT2D eigenvalue weighted by Crippen LogP contribution is -2.44. The first-order valence-electron chi connectivity index (χ1n) is 10.2. The van der Waals surface area contributed by atoms with Gasteiger partial charge >= 0.3 is 0 Å². The average Bonchev–Trinajstić information content (AvgIpc) is 2.90. The molecule has 2 aromatic carbocycles. The van der Waals surface area contributed by atoms with Crippen molar-refractivity contribution in [2.75, 3.05) is 10.7 Å². The summed E-state index contributed by atoms with van der Waals surface area (Å²) in [5, 5.41) is 0.532. The molecule has 0 aliphatic carbocycles. The van der Waals surface area contributed by atoms with Gasteiger partial charge in [-0.25, -0.2) is 13.8 Å². The van der Waals surface area contributed by atoms with E-state index in [9.17, 15) is 13.4 Å². The highest BCUT2D eigenvalue weighted by molar-refractivity contribution is 7.85. The van der Waals surface area contributed by atoms with E-state index in [-0.39, 0.29) is 45.4 Å². The van der Waals surface area contributed by atoms with Gasteiger partial charge in [-0.1, -0.05) is 39.2 Å². The highest BCUT2D eigenvalue weighted by Crippen LogP contribution is 2.33. The van der Waals surface area contributed by atoms with Gasteiger partial charge in [0.25, 0.3) is 0 Å². The van der Waals surface area contributed by atoms with Crippen molar-refractivity contribution in [1.82, 2.24) is 4.98 Å². The van der Waals surface area contributed by atoms with Crippen LogP contribution in [-0.4, -0.2) is 32.4 Å². The zero-order chi connectivity index (χ0) is 25.3. The SMILES string of the molecule is C=C(OC(=P)c1cc2c(cc1F)S(=O)C[C@H](N)C(=O)N2Cc1ccc(Cl)cc1)c1ccc(F)cn1. The Morgan fingerprint density at radius 1 is 1.26 bits per heavy atom. The van der Waals surface area contributed by atoms with Gasteiger partial charge < -0.3 is 15.4 Å². The summed E-state index contributed by atoms with van der Waals surface area (Å²) in [6.45, 7) is 3.84. The van der Waals surface area contributed by atoms with Crippen LogP contribution in [0.25, 0.3) is 5.76 Å². The molecule has 0 bridgehead atoms. The van der Waals surface area contributed by atoms with Crippen molar-refractivity contribution < 1.29 is 22.5 Å². The molecule has 1 amide bonds. The van der Waals surface area contributed by atoms with E-state index in [1.54, 1.807) is 24.3 Å². The predicted octanol–water partition coefficient (Wildman–Crippen LogP) is 4.30. The number of aromatic nitrogens is 1. The van der Waals surface area contributed by atoms with Gasteiger partial charge in [0.05, 0.1) is 51.5 Å². The van der Waals surface area contributed by atoms with Gasteiger partial charge in [-0.15, -0.1) is 0 Å². The van der Waals surface area contributed by atoms with Crippen molar-refractivity contribution in [3.05, 3.63) is 94.8 Å². The molecule has 0 saturated carbocycles. The summed E-state index contributed by atoms with van der Waals surface area (Å²) in [5.74, 6) is -1.84. The number of carbonyl (C=O) groups is 1. The van der Waals surface area contributed by atoms with Crippen molar-refractivity contribution in [3.8, 4) is 0 Å².